The van der Waals surface area contributed by atoms with Gasteiger partial charge in [0.05, 0.1) is 5.39 Å². The fourth-order valence-corrected chi connectivity index (χ4v) is 1.58. The van der Waals surface area contributed by atoms with Crippen molar-refractivity contribution in [3.05, 3.63) is 35.5 Å². The van der Waals surface area contributed by atoms with E-state index >= 15 is 0 Å². The predicted molar refractivity (Wildman–Crippen MR) is 47.4 cm³/mol. The molecule has 13 heavy (non-hydrogen) atoms. The molecule has 3 heteroatoms. The van der Waals surface area contributed by atoms with Gasteiger partial charge < -0.3 is 4.52 Å². The van der Waals surface area contributed by atoms with Crippen LogP contribution in [0.1, 0.15) is 16.1 Å². The maximum absolute atomic E-state index is 11.4. The minimum atomic E-state index is 0.0151. The second-order valence-corrected chi connectivity index (χ2v) is 2.94. The Bertz CT molecular complexity index is 537. The van der Waals surface area contributed by atoms with E-state index in [1.807, 2.05) is 6.07 Å². The Hall–Kier alpha value is -1.90. The van der Waals surface area contributed by atoms with Gasteiger partial charge in [0, 0.05) is 5.56 Å². The number of carbonyl (C=O) groups excluding carboxylic acids is 1. The maximum atomic E-state index is 11.4. The third-order valence-corrected chi connectivity index (χ3v) is 2.18. The van der Waals surface area contributed by atoms with Crippen LogP contribution in [0, 0.1) is 0 Å². The van der Waals surface area contributed by atoms with Gasteiger partial charge in [-0.1, -0.05) is 17.3 Å². The molecule has 0 saturated heterocycles. The van der Waals surface area contributed by atoms with E-state index in [4.69, 9.17) is 4.52 Å². The first-order valence-corrected chi connectivity index (χ1v) is 3.97. The highest BCUT2D eigenvalue weighted by atomic mass is 16.5. The summed E-state index contributed by atoms with van der Waals surface area (Å²) >= 11 is 0. The van der Waals surface area contributed by atoms with Crippen LogP contribution in [0.25, 0.3) is 17.0 Å². The first kappa shape index (κ1) is 6.60. The fourth-order valence-electron chi connectivity index (χ4n) is 1.58. The molecule has 0 saturated carbocycles. The van der Waals surface area contributed by atoms with Crippen molar-refractivity contribution < 1.29 is 9.32 Å². The van der Waals surface area contributed by atoms with Crippen molar-refractivity contribution in [2.45, 2.75) is 0 Å². The second-order valence-electron chi connectivity index (χ2n) is 2.94. The lowest BCUT2D eigenvalue weighted by atomic mass is 9.99. The summed E-state index contributed by atoms with van der Waals surface area (Å²) in [4.78, 5) is 11.4. The molecular formula is C10H5NO2. The van der Waals surface area contributed by atoms with Gasteiger partial charge in [0.1, 0.15) is 5.69 Å². The van der Waals surface area contributed by atoms with Crippen molar-refractivity contribution in [2.75, 3.05) is 0 Å². The van der Waals surface area contributed by atoms with Crippen LogP contribution in [-0.4, -0.2) is 10.9 Å². The number of rotatable bonds is 0. The number of hydrogen-bond donors (Lipinski definition) is 0. The lowest BCUT2D eigenvalue weighted by Gasteiger charge is -2.01. The van der Waals surface area contributed by atoms with Crippen molar-refractivity contribution in [3.63, 3.8) is 0 Å². The van der Waals surface area contributed by atoms with Gasteiger partial charge in [-0.15, -0.1) is 0 Å². The number of benzene rings is 1. The minimum absolute atomic E-state index is 0.0151. The zero-order valence-electron chi connectivity index (χ0n) is 6.65. The van der Waals surface area contributed by atoms with Gasteiger partial charge in [0.2, 0.25) is 0 Å². The van der Waals surface area contributed by atoms with Gasteiger partial charge in [-0.25, -0.2) is 0 Å². The molecule has 0 unspecified atom stereocenters. The molecule has 0 spiro atoms. The molecule has 1 aromatic carbocycles. The smallest absolute Gasteiger partial charge is 0.186 e. The quantitative estimate of drug-likeness (QED) is 0.609. The molecule has 1 aliphatic carbocycles. The Kier molecular flexibility index (Phi) is 1.05. The Labute approximate surface area is 73.6 Å². The molecule has 1 aromatic heterocycles. The Morgan fingerprint density at radius 3 is 3.08 bits per heavy atom. The van der Waals surface area contributed by atoms with Gasteiger partial charge in [0.25, 0.3) is 0 Å². The molecule has 1 heterocycles. The first-order valence-electron chi connectivity index (χ1n) is 3.97. The number of allylic oxidation sites excluding steroid dienone is 1. The fraction of sp³-hybridized carbons (Fsp3) is 0. The lowest BCUT2D eigenvalue weighted by molar-refractivity contribution is 0.104. The molecule has 0 amide bonds. The van der Waals surface area contributed by atoms with Crippen LogP contribution in [0.4, 0.5) is 0 Å². The maximum Gasteiger partial charge on any atom is 0.186 e. The van der Waals surface area contributed by atoms with E-state index in [0.717, 1.165) is 11.1 Å². The Balaban J connectivity index is 2.59. The predicted octanol–water partition coefficient (Wildman–Crippen LogP) is 2.04. The molecule has 62 valence electrons. The van der Waals surface area contributed by atoms with Crippen molar-refractivity contribution in [3.8, 4) is 0 Å². The zero-order valence-corrected chi connectivity index (χ0v) is 6.65. The minimum Gasteiger partial charge on any atom is -0.356 e. The molecule has 0 bridgehead atoms. The molecule has 0 N–H and O–H groups in total. The van der Waals surface area contributed by atoms with E-state index in [9.17, 15) is 4.79 Å². The number of hydrogen-bond acceptors (Lipinski definition) is 3. The van der Waals surface area contributed by atoms with Gasteiger partial charge in [-0.2, -0.15) is 0 Å². The van der Waals surface area contributed by atoms with E-state index < -0.39 is 0 Å². The topological polar surface area (TPSA) is 43.1 Å². The second kappa shape index (κ2) is 2.07. The van der Waals surface area contributed by atoms with E-state index in [1.54, 1.807) is 18.2 Å². The summed E-state index contributed by atoms with van der Waals surface area (Å²) in [6.07, 6.45) is 3.20. The molecule has 0 atom stereocenters. The summed E-state index contributed by atoms with van der Waals surface area (Å²) in [5.74, 6) is 0.0151. The molecule has 1 aliphatic rings. The third kappa shape index (κ3) is 0.731. The molecular weight excluding hydrogens is 166 g/mol. The Morgan fingerprint density at radius 2 is 2.15 bits per heavy atom. The highest BCUT2D eigenvalue weighted by Gasteiger charge is 2.17. The summed E-state index contributed by atoms with van der Waals surface area (Å²) in [6.45, 7) is 0. The highest BCUT2D eigenvalue weighted by molar-refractivity contribution is 6.18. The van der Waals surface area contributed by atoms with E-state index in [0.29, 0.717) is 11.1 Å². The van der Waals surface area contributed by atoms with Crippen LogP contribution in [0.15, 0.2) is 28.8 Å². The summed E-state index contributed by atoms with van der Waals surface area (Å²) in [5.41, 5.74) is 2.09. The lowest BCUT2D eigenvalue weighted by Crippen LogP contribution is -1.99. The molecule has 2 aromatic rings. The van der Waals surface area contributed by atoms with Crippen LogP contribution in [-0.2, 0) is 0 Å². The number of aromatic nitrogens is 1. The summed E-state index contributed by atoms with van der Waals surface area (Å²) < 4.78 is 5.06. The summed E-state index contributed by atoms with van der Waals surface area (Å²) in [6, 6.07) is 5.39. The third-order valence-electron chi connectivity index (χ3n) is 2.18. The SMILES string of the molecule is O=C1C=Cc2noc3cccc1c23. The average Bonchev–Trinajstić information content (AvgIpc) is 2.57. The van der Waals surface area contributed by atoms with E-state index in [1.165, 1.54) is 6.08 Å². The first-order chi connectivity index (χ1) is 6.36. The van der Waals surface area contributed by atoms with Crippen LogP contribution in [0.2, 0.25) is 0 Å². The van der Waals surface area contributed by atoms with Crippen molar-refractivity contribution in [1.82, 2.24) is 5.16 Å². The average molecular weight is 171 g/mol. The summed E-state index contributed by atoms with van der Waals surface area (Å²) in [7, 11) is 0. The van der Waals surface area contributed by atoms with Gasteiger partial charge in [0.15, 0.2) is 11.4 Å². The molecule has 0 radical (unpaired) electrons. The van der Waals surface area contributed by atoms with Gasteiger partial charge in [-0.05, 0) is 18.2 Å². The summed E-state index contributed by atoms with van der Waals surface area (Å²) in [5, 5.41) is 4.68. The van der Waals surface area contributed by atoms with Crippen molar-refractivity contribution in [1.29, 1.82) is 0 Å². The normalized spacial score (nSPS) is 14.0. The molecule has 0 fully saturated rings. The largest absolute Gasteiger partial charge is 0.356 e. The van der Waals surface area contributed by atoms with Gasteiger partial charge >= 0.3 is 0 Å². The number of nitrogens with zero attached hydrogens (tertiary/aromatic N) is 1. The van der Waals surface area contributed by atoms with Crippen LogP contribution in [0.5, 0.6) is 0 Å². The Morgan fingerprint density at radius 1 is 1.23 bits per heavy atom. The van der Waals surface area contributed by atoms with E-state index in [-0.39, 0.29) is 5.78 Å². The van der Waals surface area contributed by atoms with Crippen molar-refractivity contribution >= 4 is 22.8 Å². The molecule has 3 nitrogen and oxygen atoms in total. The molecule has 3 rings (SSSR count). The van der Waals surface area contributed by atoms with Gasteiger partial charge in [-0.3, -0.25) is 4.79 Å². The van der Waals surface area contributed by atoms with Crippen LogP contribution >= 0.6 is 0 Å². The van der Waals surface area contributed by atoms with Crippen molar-refractivity contribution in [2.24, 2.45) is 0 Å². The highest BCUT2D eigenvalue weighted by Crippen LogP contribution is 2.27. The number of carbonyl (C=O) groups is 1. The van der Waals surface area contributed by atoms with Crippen LogP contribution in [0.3, 0.4) is 0 Å². The monoisotopic (exact) mass is 171 g/mol. The van der Waals surface area contributed by atoms with E-state index in [2.05, 4.69) is 5.16 Å². The standard InChI is InChI=1S/C10H5NO2/c12-8-5-4-7-10-6(8)2-1-3-9(10)13-11-7/h1-5H. The number of ketones is 1. The molecule has 0 aliphatic heterocycles. The zero-order chi connectivity index (χ0) is 8.84. The van der Waals surface area contributed by atoms with Crippen LogP contribution < -0.4 is 0 Å².